The third-order valence-corrected chi connectivity index (χ3v) is 4.41. The number of hydrogen-bond donors (Lipinski definition) is 3. The molecule has 156 valence electrons. The van der Waals surface area contributed by atoms with Crippen LogP contribution in [0.1, 0.15) is 30.7 Å². The molecule has 1 atom stereocenters. The molecule has 2 heterocycles. The first kappa shape index (κ1) is 23.0. The van der Waals surface area contributed by atoms with E-state index in [9.17, 15) is 5.11 Å². The van der Waals surface area contributed by atoms with Crippen molar-refractivity contribution in [1.82, 2.24) is 20.4 Å². The van der Waals surface area contributed by atoms with Gasteiger partial charge < -0.3 is 20.2 Å². The zero-order valence-electron chi connectivity index (χ0n) is 16.7. The Kier molecular flexibility index (Phi) is 8.71. The molecule has 0 radical (unpaired) electrons. The first-order valence-corrected chi connectivity index (χ1v) is 9.41. The van der Waals surface area contributed by atoms with E-state index in [1.165, 1.54) is 5.56 Å². The molecule has 0 fully saturated rings. The predicted molar refractivity (Wildman–Crippen MR) is 124 cm³/mol. The number of benzene rings is 1. The number of aliphatic imine (C=N–C) groups is 1. The maximum atomic E-state index is 10.6. The fourth-order valence-electron chi connectivity index (χ4n) is 2.87. The maximum Gasteiger partial charge on any atom is 0.191 e. The van der Waals surface area contributed by atoms with Gasteiger partial charge in [0.05, 0.1) is 25.9 Å². The van der Waals surface area contributed by atoms with E-state index in [0.717, 1.165) is 12.1 Å². The molecule has 0 spiro atoms. The van der Waals surface area contributed by atoms with Crippen LogP contribution >= 0.6 is 24.0 Å². The number of rotatable bonds is 8. The zero-order valence-corrected chi connectivity index (χ0v) is 19.0. The molecule has 8 heteroatoms. The van der Waals surface area contributed by atoms with Gasteiger partial charge in [0.1, 0.15) is 11.4 Å². The molecule has 3 rings (SSSR count). The molecule has 3 N–H and O–H groups in total. The topological polar surface area (TPSA) is 87.6 Å². The van der Waals surface area contributed by atoms with Crippen LogP contribution in [0.15, 0.2) is 70.5 Å². The summed E-state index contributed by atoms with van der Waals surface area (Å²) in [6.07, 6.45) is 5.28. The van der Waals surface area contributed by atoms with Gasteiger partial charge in [0, 0.05) is 18.9 Å². The number of aliphatic hydroxyl groups is 1. The lowest BCUT2D eigenvalue weighted by Crippen LogP contribution is -2.44. The molecule has 0 aliphatic heterocycles. The lowest BCUT2D eigenvalue weighted by atomic mass is 10.0. The Labute approximate surface area is 188 Å². The smallest absolute Gasteiger partial charge is 0.191 e. The molecule has 7 nitrogen and oxygen atoms in total. The summed E-state index contributed by atoms with van der Waals surface area (Å²) in [6.45, 7) is 5.95. The van der Waals surface area contributed by atoms with Gasteiger partial charge in [-0.25, -0.2) is 4.99 Å². The van der Waals surface area contributed by atoms with Gasteiger partial charge in [-0.2, -0.15) is 5.10 Å². The summed E-state index contributed by atoms with van der Waals surface area (Å²) in [6, 6.07) is 13.6. The number of hydrogen-bond acceptors (Lipinski definition) is 4. The van der Waals surface area contributed by atoms with Crippen molar-refractivity contribution in [3.8, 4) is 0 Å². The predicted octanol–water partition coefficient (Wildman–Crippen LogP) is 3.11. The maximum absolute atomic E-state index is 10.6. The van der Waals surface area contributed by atoms with E-state index in [1.54, 1.807) is 31.5 Å². The molecule has 2 aromatic heterocycles. The van der Waals surface area contributed by atoms with E-state index in [0.29, 0.717) is 24.8 Å². The lowest BCUT2D eigenvalue weighted by Gasteiger charge is -2.22. The number of nitrogens with one attached hydrogen (secondary N) is 2. The molecule has 0 saturated carbocycles. The molecular weight excluding hydrogens is 481 g/mol. The molecule has 0 aliphatic carbocycles. The summed E-state index contributed by atoms with van der Waals surface area (Å²) in [4.78, 5) is 4.68. The van der Waals surface area contributed by atoms with E-state index in [4.69, 9.17) is 4.42 Å². The van der Waals surface area contributed by atoms with Crippen LogP contribution in [-0.2, 0) is 18.7 Å². The lowest BCUT2D eigenvalue weighted by molar-refractivity contribution is 0.0386. The first-order valence-electron chi connectivity index (χ1n) is 9.41. The third-order valence-electron chi connectivity index (χ3n) is 4.41. The highest BCUT2D eigenvalue weighted by molar-refractivity contribution is 14.0. The fraction of sp³-hybridized carbons (Fsp3) is 0.333. The quantitative estimate of drug-likeness (QED) is 0.247. The van der Waals surface area contributed by atoms with Gasteiger partial charge in [0.25, 0.3) is 0 Å². The highest BCUT2D eigenvalue weighted by Crippen LogP contribution is 2.19. The van der Waals surface area contributed by atoms with Crippen molar-refractivity contribution in [2.75, 3.05) is 13.1 Å². The largest absolute Gasteiger partial charge is 0.466 e. The first-order chi connectivity index (χ1) is 13.6. The molecule has 1 aromatic carbocycles. The summed E-state index contributed by atoms with van der Waals surface area (Å²) >= 11 is 0. The zero-order chi connectivity index (χ0) is 19.8. The minimum Gasteiger partial charge on any atom is -0.466 e. The summed E-state index contributed by atoms with van der Waals surface area (Å²) in [5.74, 6) is 1.16. The number of guanidine groups is 1. The summed E-state index contributed by atoms with van der Waals surface area (Å²) in [5, 5.41) is 21.3. The van der Waals surface area contributed by atoms with E-state index in [2.05, 4.69) is 32.9 Å². The van der Waals surface area contributed by atoms with Crippen LogP contribution < -0.4 is 10.6 Å². The Hall–Kier alpha value is -2.33. The Balaban J connectivity index is 0.00000300. The van der Waals surface area contributed by atoms with Crippen LogP contribution in [-0.4, -0.2) is 33.9 Å². The minimum absolute atomic E-state index is 0. The van der Waals surface area contributed by atoms with Gasteiger partial charge in [0.15, 0.2) is 5.96 Å². The standard InChI is InChI=1S/C21H27N5O2.HI/c1-3-22-20(24-16-21(2,27)19-10-6-13-28-19)23-14-17-8-4-5-9-18(17)15-26-12-7-11-25-26;/h4-13,27H,3,14-16H2,1-2H3,(H2,22,23,24);1H. The number of nitrogens with zero attached hydrogens (tertiary/aromatic N) is 3. The Bertz CT molecular complexity index is 876. The molecule has 0 saturated heterocycles. The highest BCUT2D eigenvalue weighted by Gasteiger charge is 2.26. The van der Waals surface area contributed by atoms with Gasteiger partial charge in [-0.15, -0.1) is 24.0 Å². The van der Waals surface area contributed by atoms with Gasteiger partial charge >= 0.3 is 0 Å². The summed E-state index contributed by atoms with van der Waals surface area (Å²) in [7, 11) is 0. The van der Waals surface area contributed by atoms with Crippen molar-refractivity contribution in [1.29, 1.82) is 0 Å². The van der Waals surface area contributed by atoms with Crippen LogP contribution in [0.4, 0.5) is 0 Å². The average Bonchev–Trinajstić information content (AvgIpc) is 3.39. The van der Waals surface area contributed by atoms with Crippen LogP contribution in [0.25, 0.3) is 0 Å². The number of furan rings is 1. The van der Waals surface area contributed by atoms with Crippen LogP contribution in [0.3, 0.4) is 0 Å². The van der Waals surface area contributed by atoms with E-state index >= 15 is 0 Å². The molecule has 0 bridgehead atoms. The van der Waals surface area contributed by atoms with Crippen molar-refractivity contribution in [2.24, 2.45) is 4.99 Å². The van der Waals surface area contributed by atoms with Crippen LogP contribution in [0.2, 0.25) is 0 Å². The molecule has 3 aromatic rings. The van der Waals surface area contributed by atoms with Crippen molar-refractivity contribution >= 4 is 29.9 Å². The van der Waals surface area contributed by atoms with Crippen molar-refractivity contribution in [2.45, 2.75) is 32.5 Å². The van der Waals surface area contributed by atoms with Crippen molar-refractivity contribution < 1.29 is 9.52 Å². The highest BCUT2D eigenvalue weighted by atomic mass is 127. The summed E-state index contributed by atoms with van der Waals surface area (Å²) in [5.41, 5.74) is 1.18. The number of aromatic nitrogens is 2. The molecule has 0 amide bonds. The average molecular weight is 509 g/mol. The summed E-state index contributed by atoms with van der Waals surface area (Å²) < 4.78 is 7.22. The van der Waals surface area contributed by atoms with Gasteiger partial charge in [0.2, 0.25) is 0 Å². The molecule has 1 unspecified atom stereocenters. The van der Waals surface area contributed by atoms with Crippen LogP contribution in [0, 0.1) is 0 Å². The molecule has 29 heavy (non-hydrogen) atoms. The van der Waals surface area contributed by atoms with Gasteiger partial charge in [-0.3, -0.25) is 4.68 Å². The molecule has 0 aliphatic rings. The monoisotopic (exact) mass is 509 g/mol. The van der Waals surface area contributed by atoms with Crippen molar-refractivity contribution in [3.05, 3.63) is 78.0 Å². The molecular formula is C21H28IN5O2. The van der Waals surface area contributed by atoms with Gasteiger partial charge in [-0.05, 0) is 43.2 Å². The normalized spacial score (nSPS) is 13.4. The SMILES string of the molecule is CCNC(=NCc1ccccc1Cn1cccn1)NCC(C)(O)c1ccco1.I. The Morgan fingerprint density at radius 3 is 2.62 bits per heavy atom. The minimum atomic E-state index is -1.13. The van der Waals surface area contributed by atoms with E-state index in [1.807, 2.05) is 36.0 Å². The van der Waals surface area contributed by atoms with Crippen molar-refractivity contribution in [3.63, 3.8) is 0 Å². The fourth-order valence-corrected chi connectivity index (χ4v) is 2.87. The van der Waals surface area contributed by atoms with Gasteiger partial charge in [-0.1, -0.05) is 24.3 Å². The van der Waals surface area contributed by atoms with Crippen LogP contribution in [0.5, 0.6) is 0 Å². The van der Waals surface area contributed by atoms with E-state index in [-0.39, 0.29) is 30.5 Å². The third kappa shape index (κ3) is 6.60. The number of halogens is 1. The second-order valence-corrected chi connectivity index (χ2v) is 6.77. The second-order valence-electron chi connectivity index (χ2n) is 6.77. The van der Waals surface area contributed by atoms with E-state index < -0.39 is 5.60 Å². The second kappa shape index (κ2) is 11.0. The Morgan fingerprint density at radius 2 is 1.97 bits per heavy atom. The Morgan fingerprint density at radius 1 is 1.17 bits per heavy atom.